The summed E-state index contributed by atoms with van der Waals surface area (Å²) in [6.45, 7) is 5.77. The summed E-state index contributed by atoms with van der Waals surface area (Å²) in [5.74, 6) is -0.0413. The van der Waals surface area contributed by atoms with Crippen LogP contribution in [-0.4, -0.2) is 21.0 Å². The summed E-state index contributed by atoms with van der Waals surface area (Å²) in [5, 5.41) is 26.7. The van der Waals surface area contributed by atoms with Crippen LogP contribution in [0.2, 0.25) is 0 Å². The Morgan fingerprint density at radius 2 is 1.83 bits per heavy atom. The van der Waals surface area contributed by atoms with Gasteiger partial charge in [-0.3, -0.25) is 5.43 Å². The number of nitrogens with one attached hydrogen (secondary N) is 2. The van der Waals surface area contributed by atoms with Crippen LogP contribution in [0.3, 0.4) is 0 Å². The van der Waals surface area contributed by atoms with Crippen molar-refractivity contribution in [1.29, 1.82) is 0 Å². The molecule has 2 aromatic carbocycles. The molecule has 0 aliphatic carbocycles. The number of phenols is 2. The zero-order chi connectivity index (χ0) is 17.0. The summed E-state index contributed by atoms with van der Waals surface area (Å²) in [4.78, 5) is 0. The van der Waals surface area contributed by atoms with Crippen molar-refractivity contribution in [2.24, 2.45) is 5.10 Å². The molecule has 0 fully saturated rings. The third-order valence-corrected chi connectivity index (χ3v) is 3.52. The number of hydrogen-bond acceptors (Lipinski definition) is 4. The van der Waals surface area contributed by atoms with Gasteiger partial charge in [-0.15, -0.1) is 0 Å². The summed E-state index contributed by atoms with van der Waals surface area (Å²) in [7, 11) is 0. The Kier molecular flexibility index (Phi) is 5.18. The Morgan fingerprint density at radius 3 is 2.48 bits per heavy atom. The molecule has 0 saturated heterocycles. The third-order valence-electron chi connectivity index (χ3n) is 3.33. The van der Waals surface area contributed by atoms with Crippen molar-refractivity contribution in [3.8, 4) is 11.5 Å². The first-order valence-corrected chi connectivity index (χ1v) is 7.48. The first-order valence-electron chi connectivity index (χ1n) is 7.07. The molecule has 0 aliphatic heterocycles. The Morgan fingerprint density at radius 1 is 1.09 bits per heavy atom. The molecule has 0 atom stereocenters. The molecule has 120 valence electrons. The van der Waals surface area contributed by atoms with Crippen LogP contribution < -0.4 is 10.7 Å². The van der Waals surface area contributed by atoms with Gasteiger partial charge < -0.3 is 15.5 Å². The van der Waals surface area contributed by atoms with E-state index >= 15 is 0 Å². The van der Waals surface area contributed by atoms with Crippen LogP contribution in [0.25, 0.3) is 0 Å². The van der Waals surface area contributed by atoms with E-state index in [1.54, 1.807) is 13.0 Å². The van der Waals surface area contributed by atoms with Crippen molar-refractivity contribution in [2.75, 3.05) is 5.32 Å². The minimum Gasteiger partial charge on any atom is -0.508 e. The van der Waals surface area contributed by atoms with Gasteiger partial charge in [-0.2, -0.15) is 5.10 Å². The number of aromatic hydroxyl groups is 2. The monoisotopic (exact) mass is 329 g/mol. The van der Waals surface area contributed by atoms with Gasteiger partial charge in [-0.25, -0.2) is 0 Å². The van der Waals surface area contributed by atoms with E-state index in [0.29, 0.717) is 16.4 Å². The fourth-order valence-corrected chi connectivity index (χ4v) is 2.28. The Balaban J connectivity index is 2.05. The molecule has 23 heavy (non-hydrogen) atoms. The summed E-state index contributed by atoms with van der Waals surface area (Å²) >= 11 is 5.22. The van der Waals surface area contributed by atoms with Crippen LogP contribution in [0.1, 0.15) is 23.6 Å². The van der Waals surface area contributed by atoms with Crippen LogP contribution in [0, 0.1) is 13.8 Å². The van der Waals surface area contributed by atoms with Gasteiger partial charge >= 0.3 is 0 Å². The highest BCUT2D eigenvalue weighted by Crippen LogP contribution is 2.23. The molecule has 6 heteroatoms. The maximum absolute atomic E-state index is 9.81. The summed E-state index contributed by atoms with van der Waals surface area (Å²) < 4.78 is 0. The van der Waals surface area contributed by atoms with Crippen molar-refractivity contribution in [3.05, 3.63) is 53.1 Å². The largest absolute Gasteiger partial charge is 0.508 e. The number of benzene rings is 2. The van der Waals surface area contributed by atoms with Gasteiger partial charge in [-0.1, -0.05) is 17.7 Å². The van der Waals surface area contributed by atoms with Crippen molar-refractivity contribution in [2.45, 2.75) is 20.8 Å². The Bertz CT molecular complexity index is 772. The molecule has 0 aliphatic rings. The van der Waals surface area contributed by atoms with Gasteiger partial charge in [0.2, 0.25) is 0 Å². The lowest BCUT2D eigenvalue weighted by atomic mass is 10.1. The molecule has 2 aromatic rings. The van der Waals surface area contributed by atoms with Gasteiger partial charge in [0.1, 0.15) is 11.5 Å². The Hall–Kier alpha value is -2.60. The van der Waals surface area contributed by atoms with E-state index in [4.69, 9.17) is 12.2 Å². The average Bonchev–Trinajstić information content (AvgIpc) is 2.48. The predicted octanol–water partition coefficient (Wildman–Crippen LogP) is 3.43. The number of phenolic OH excluding ortho intramolecular Hbond substituents is 2. The summed E-state index contributed by atoms with van der Waals surface area (Å²) in [6, 6.07) is 10.4. The number of hydrazone groups is 1. The first-order chi connectivity index (χ1) is 10.9. The summed E-state index contributed by atoms with van der Waals surface area (Å²) in [6.07, 6.45) is 0. The van der Waals surface area contributed by atoms with Crippen molar-refractivity contribution < 1.29 is 10.2 Å². The van der Waals surface area contributed by atoms with Gasteiger partial charge in [0.15, 0.2) is 5.11 Å². The zero-order valence-corrected chi connectivity index (χ0v) is 14.0. The fraction of sp³-hybridized carbons (Fsp3) is 0.176. The predicted molar refractivity (Wildman–Crippen MR) is 97.3 cm³/mol. The molecule has 0 spiro atoms. The van der Waals surface area contributed by atoms with Gasteiger partial charge in [0.05, 0.1) is 5.71 Å². The van der Waals surface area contributed by atoms with Gasteiger partial charge in [0.25, 0.3) is 0 Å². The highest BCUT2D eigenvalue weighted by Gasteiger charge is 2.06. The van der Waals surface area contributed by atoms with Crippen molar-refractivity contribution in [3.63, 3.8) is 0 Å². The average molecular weight is 329 g/mol. The molecular weight excluding hydrogens is 310 g/mol. The normalized spacial score (nSPS) is 11.2. The number of nitrogens with zero attached hydrogens (tertiary/aromatic N) is 1. The molecule has 2 rings (SSSR count). The van der Waals surface area contributed by atoms with Crippen LogP contribution in [0.15, 0.2) is 41.5 Å². The number of rotatable bonds is 3. The van der Waals surface area contributed by atoms with Gasteiger partial charge in [0, 0.05) is 17.3 Å². The standard InChI is InChI=1S/C17H19N3O2S/c1-10-4-7-15(11(2)8-10)18-17(23)20-19-12(3)14-6-5-13(21)9-16(14)22/h4-9,21-22H,1-3H3,(H2,18,20,23)/b19-12+. The third kappa shape index (κ3) is 4.43. The molecule has 0 bridgehead atoms. The molecule has 4 N–H and O–H groups in total. The molecule has 0 saturated carbocycles. The molecular formula is C17H19N3O2S. The zero-order valence-electron chi connectivity index (χ0n) is 13.2. The van der Waals surface area contributed by atoms with E-state index in [-0.39, 0.29) is 11.5 Å². The molecule has 0 amide bonds. The lowest BCUT2D eigenvalue weighted by Crippen LogP contribution is -2.25. The van der Waals surface area contributed by atoms with Crippen LogP contribution >= 0.6 is 12.2 Å². The quantitative estimate of drug-likeness (QED) is 0.394. The molecule has 5 nitrogen and oxygen atoms in total. The smallest absolute Gasteiger partial charge is 0.191 e. The summed E-state index contributed by atoms with van der Waals surface area (Å²) in [5.41, 5.74) is 7.00. The van der Waals surface area contributed by atoms with Crippen LogP contribution in [0.4, 0.5) is 5.69 Å². The van der Waals surface area contributed by atoms with E-state index < -0.39 is 0 Å². The lowest BCUT2D eigenvalue weighted by molar-refractivity contribution is 0.450. The Labute approximate surface area is 140 Å². The minimum atomic E-state index is -0.0405. The van der Waals surface area contributed by atoms with E-state index in [1.165, 1.54) is 17.7 Å². The number of aryl methyl sites for hydroxylation is 2. The molecule has 0 radical (unpaired) electrons. The second-order valence-corrected chi connectivity index (χ2v) is 5.69. The maximum atomic E-state index is 9.81. The highest BCUT2D eigenvalue weighted by atomic mass is 32.1. The topological polar surface area (TPSA) is 76.9 Å². The second kappa shape index (κ2) is 7.11. The second-order valence-electron chi connectivity index (χ2n) is 5.28. The maximum Gasteiger partial charge on any atom is 0.191 e. The van der Waals surface area contributed by atoms with E-state index in [2.05, 4.69) is 21.9 Å². The van der Waals surface area contributed by atoms with E-state index in [9.17, 15) is 10.2 Å². The molecule has 0 heterocycles. The number of thiocarbonyl (C=S) groups is 1. The van der Waals surface area contributed by atoms with Crippen LogP contribution in [0.5, 0.6) is 11.5 Å². The molecule has 0 unspecified atom stereocenters. The van der Waals surface area contributed by atoms with Crippen LogP contribution in [-0.2, 0) is 0 Å². The number of anilines is 1. The molecule has 0 aromatic heterocycles. The van der Waals surface area contributed by atoms with Crippen molar-refractivity contribution in [1.82, 2.24) is 5.43 Å². The fourth-order valence-electron chi connectivity index (χ4n) is 2.12. The van der Waals surface area contributed by atoms with E-state index in [0.717, 1.165) is 11.3 Å². The number of hydrogen-bond donors (Lipinski definition) is 4. The van der Waals surface area contributed by atoms with E-state index in [1.807, 2.05) is 26.0 Å². The lowest BCUT2D eigenvalue weighted by Gasteiger charge is -2.11. The highest BCUT2D eigenvalue weighted by molar-refractivity contribution is 7.80. The first kappa shape index (κ1) is 16.8. The SMILES string of the molecule is C/C(=N\NC(=S)Nc1ccc(C)cc1C)c1ccc(O)cc1O. The minimum absolute atomic E-state index is 0.000886. The van der Waals surface area contributed by atoms with Crippen molar-refractivity contribution >= 4 is 28.7 Å². The van der Waals surface area contributed by atoms with Gasteiger partial charge in [-0.05, 0) is 56.8 Å².